The summed E-state index contributed by atoms with van der Waals surface area (Å²) in [5, 5.41) is 10.7. The highest BCUT2D eigenvalue weighted by Crippen LogP contribution is 2.41. The molecule has 2 aromatic rings. The van der Waals surface area contributed by atoms with E-state index in [1.807, 2.05) is 6.07 Å². The maximum Gasteiger partial charge on any atom is 0.343 e. The molecule has 1 fully saturated rings. The summed E-state index contributed by atoms with van der Waals surface area (Å²) in [6, 6.07) is 8.73. The zero-order valence-electron chi connectivity index (χ0n) is 14.6. The second-order valence-corrected chi connectivity index (χ2v) is 6.16. The lowest BCUT2D eigenvalue weighted by Gasteiger charge is -2.15. The Labute approximate surface area is 150 Å². The van der Waals surface area contributed by atoms with E-state index in [0.29, 0.717) is 17.4 Å². The van der Waals surface area contributed by atoms with Gasteiger partial charge in [-0.1, -0.05) is 0 Å². The smallest absolute Gasteiger partial charge is 0.343 e. The summed E-state index contributed by atoms with van der Waals surface area (Å²) in [6.07, 6.45) is 3.19. The minimum atomic E-state index is -0.621. The topological polar surface area (TPSA) is 87.9 Å². The van der Waals surface area contributed by atoms with Crippen molar-refractivity contribution in [1.29, 1.82) is 0 Å². The molecule has 0 bridgehead atoms. The number of non-ortho nitro benzene ring substituents is 1. The molecule has 136 valence electrons. The molecule has 0 amide bonds. The third-order valence-corrected chi connectivity index (χ3v) is 4.27. The maximum absolute atomic E-state index is 12.4. The largest absolute Gasteiger partial charge is 0.497 e. The zero-order chi connectivity index (χ0) is 18.7. The van der Waals surface area contributed by atoms with Gasteiger partial charge in [0.05, 0.1) is 24.7 Å². The summed E-state index contributed by atoms with van der Waals surface area (Å²) >= 11 is 0. The predicted octanol–water partition coefficient (Wildman–Crippen LogP) is 3.78. The third kappa shape index (κ3) is 3.93. The molecule has 7 heteroatoms. The van der Waals surface area contributed by atoms with Crippen LogP contribution in [0.3, 0.4) is 0 Å². The Morgan fingerprint density at radius 3 is 2.38 bits per heavy atom. The number of rotatable bonds is 7. The van der Waals surface area contributed by atoms with E-state index in [0.717, 1.165) is 12.0 Å². The monoisotopic (exact) mass is 357 g/mol. The van der Waals surface area contributed by atoms with E-state index in [9.17, 15) is 14.9 Å². The molecule has 0 atom stereocenters. The Bertz CT molecular complexity index is 827. The Hall–Kier alpha value is -3.09. The van der Waals surface area contributed by atoms with Crippen LogP contribution in [0.1, 0.15) is 28.8 Å². The summed E-state index contributed by atoms with van der Waals surface area (Å²) in [5.41, 5.74) is 1.05. The van der Waals surface area contributed by atoms with Crippen LogP contribution >= 0.6 is 0 Å². The van der Waals surface area contributed by atoms with Gasteiger partial charge in [0.1, 0.15) is 5.75 Å². The molecule has 0 aliphatic heterocycles. The fourth-order valence-electron chi connectivity index (χ4n) is 2.72. The molecule has 0 spiro atoms. The van der Waals surface area contributed by atoms with Crippen molar-refractivity contribution in [3.8, 4) is 17.2 Å². The Morgan fingerprint density at radius 2 is 1.85 bits per heavy atom. The van der Waals surface area contributed by atoms with E-state index in [2.05, 4.69) is 0 Å². The molecule has 0 heterocycles. The fourth-order valence-corrected chi connectivity index (χ4v) is 2.72. The van der Waals surface area contributed by atoms with Crippen molar-refractivity contribution >= 4 is 11.7 Å². The highest BCUT2D eigenvalue weighted by atomic mass is 16.6. The second kappa shape index (κ2) is 7.43. The number of hydrogen-bond donors (Lipinski definition) is 0. The number of benzene rings is 2. The summed E-state index contributed by atoms with van der Waals surface area (Å²) in [4.78, 5) is 22.6. The Balaban J connectivity index is 1.87. The van der Waals surface area contributed by atoms with Gasteiger partial charge in [-0.05, 0) is 43.4 Å². The molecular weight excluding hydrogens is 338 g/mol. The zero-order valence-corrected chi connectivity index (χ0v) is 14.6. The predicted molar refractivity (Wildman–Crippen MR) is 94.0 cm³/mol. The van der Waals surface area contributed by atoms with Gasteiger partial charge in [-0.15, -0.1) is 0 Å². The van der Waals surface area contributed by atoms with E-state index >= 15 is 0 Å². The average molecular weight is 357 g/mol. The lowest BCUT2D eigenvalue weighted by atomic mass is 10.1. The first-order valence-electron chi connectivity index (χ1n) is 8.23. The molecule has 0 unspecified atom stereocenters. The van der Waals surface area contributed by atoms with Crippen LogP contribution in [0.2, 0.25) is 0 Å². The maximum atomic E-state index is 12.4. The number of nitrogens with zero attached hydrogens (tertiary/aromatic N) is 1. The number of nitro benzene ring substituents is 1. The summed E-state index contributed by atoms with van der Waals surface area (Å²) in [6.45, 7) is 0. The van der Waals surface area contributed by atoms with Crippen LogP contribution in [0.4, 0.5) is 5.69 Å². The highest BCUT2D eigenvalue weighted by molar-refractivity contribution is 5.91. The number of carbonyl (C=O) groups is 1. The number of hydrogen-bond acceptors (Lipinski definition) is 6. The summed E-state index contributed by atoms with van der Waals surface area (Å²) in [7, 11) is 3.08. The van der Waals surface area contributed by atoms with Gasteiger partial charge < -0.3 is 14.2 Å². The summed E-state index contributed by atoms with van der Waals surface area (Å²) in [5.74, 6) is 1.35. The minimum absolute atomic E-state index is 0.0905. The van der Waals surface area contributed by atoms with Crippen LogP contribution in [0, 0.1) is 16.0 Å². The van der Waals surface area contributed by atoms with Crippen LogP contribution in [0.25, 0.3) is 0 Å². The van der Waals surface area contributed by atoms with Crippen molar-refractivity contribution in [1.82, 2.24) is 0 Å². The van der Waals surface area contributed by atoms with Crippen molar-refractivity contribution in [3.05, 3.63) is 57.6 Å². The molecule has 1 aliphatic carbocycles. The third-order valence-electron chi connectivity index (χ3n) is 4.27. The van der Waals surface area contributed by atoms with Gasteiger partial charge in [0.15, 0.2) is 11.5 Å². The van der Waals surface area contributed by atoms with Crippen LogP contribution in [0.15, 0.2) is 36.4 Å². The van der Waals surface area contributed by atoms with Gasteiger partial charge >= 0.3 is 5.97 Å². The highest BCUT2D eigenvalue weighted by Gasteiger charge is 2.26. The first kappa shape index (κ1) is 17.7. The lowest BCUT2D eigenvalue weighted by molar-refractivity contribution is -0.384. The normalized spacial score (nSPS) is 13.2. The van der Waals surface area contributed by atoms with E-state index in [1.165, 1.54) is 44.2 Å². The average Bonchev–Trinajstić information content (AvgIpc) is 3.45. The summed E-state index contributed by atoms with van der Waals surface area (Å²) < 4.78 is 16.3. The molecule has 3 rings (SSSR count). The quantitative estimate of drug-likeness (QED) is 0.324. The van der Waals surface area contributed by atoms with Gasteiger partial charge in [-0.25, -0.2) is 4.79 Å². The number of esters is 1. The van der Waals surface area contributed by atoms with Crippen molar-refractivity contribution in [2.75, 3.05) is 14.2 Å². The Morgan fingerprint density at radius 1 is 1.15 bits per heavy atom. The first-order valence-corrected chi connectivity index (χ1v) is 8.23. The number of carbonyl (C=O) groups excluding carboxylic acids is 1. The molecule has 26 heavy (non-hydrogen) atoms. The van der Waals surface area contributed by atoms with E-state index < -0.39 is 10.9 Å². The van der Waals surface area contributed by atoms with Crippen molar-refractivity contribution in [2.45, 2.75) is 19.3 Å². The molecule has 0 radical (unpaired) electrons. The molecule has 7 nitrogen and oxygen atoms in total. The number of ether oxygens (including phenoxy) is 3. The molecular formula is C19H19NO6. The van der Waals surface area contributed by atoms with Crippen molar-refractivity contribution in [2.24, 2.45) is 5.92 Å². The van der Waals surface area contributed by atoms with Crippen molar-refractivity contribution in [3.63, 3.8) is 0 Å². The SMILES string of the molecule is COc1cc(CC2CC2)c(OC)c(OC(=O)c2ccc([N+](=O)[O-])cc2)c1. The van der Waals surface area contributed by atoms with Crippen molar-refractivity contribution < 1.29 is 23.9 Å². The van der Waals surface area contributed by atoms with Gasteiger partial charge in [-0.3, -0.25) is 10.1 Å². The van der Waals surface area contributed by atoms with Gasteiger partial charge in [0.25, 0.3) is 5.69 Å². The molecule has 0 aromatic heterocycles. The Kier molecular flexibility index (Phi) is 5.06. The molecule has 0 N–H and O–H groups in total. The van der Waals surface area contributed by atoms with Gasteiger partial charge in [0.2, 0.25) is 0 Å². The van der Waals surface area contributed by atoms with Gasteiger partial charge in [-0.2, -0.15) is 0 Å². The molecule has 1 aliphatic rings. The molecule has 1 saturated carbocycles. The van der Waals surface area contributed by atoms with E-state index in [4.69, 9.17) is 14.2 Å². The van der Waals surface area contributed by atoms with Crippen LogP contribution in [0.5, 0.6) is 17.2 Å². The van der Waals surface area contributed by atoms with E-state index in [1.54, 1.807) is 13.2 Å². The lowest BCUT2D eigenvalue weighted by Crippen LogP contribution is -2.10. The van der Waals surface area contributed by atoms with E-state index in [-0.39, 0.29) is 17.0 Å². The fraction of sp³-hybridized carbons (Fsp3) is 0.316. The second-order valence-electron chi connectivity index (χ2n) is 6.16. The van der Waals surface area contributed by atoms with Crippen LogP contribution in [-0.2, 0) is 6.42 Å². The minimum Gasteiger partial charge on any atom is -0.497 e. The molecule has 0 saturated heterocycles. The standard InChI is InChI=1S/C19H19NO6/c1-24-16-10-14(9-12-3-4-12)18(25-2)17(11-16)26-19(21)13-5-7-15(8-6-13)20(22)23/h5-8,10-12H,3-4,9H2,1-2H3. The van der Waals surface area contributed by atoms with Gasteiger partial charge in [0, 0.05) is 23.8 Å². The first-order chi connectivity index (χ1) is 12.5. The molecule has 2 aromatic carbocycles. The number of nitro groups is 1. The van der Waals surface area contributed by atoms with Crippen LogP contribution in [-0.4, -0.2) is 25.1 Å². The number of methoxy groups -OCH3 is 2. The van der Waals surface area contributed by atoms with Crippen LogP contribution < -0.4 is 14.2 Å².